The second-order valence-electron chi connectivity index (χ2n) is 9.42. The summed E-state index contributed by atoms with van der Waals surface area (Å²) in [6, 6.07) is 11.6. The lowest BCUT2D eigenvalue weighted by Gasteiger charge is -2.36. The molecule has 4 aromatic rings. The average Bonchev–Trinajstić information content (AvgIpc) is 3.33. The summed E-state index contributed by atoms with van der Waals surface area (Å²) in [7, 11) is 1.59. The largest absolute Gasteiger partial charge is 0.507 e. The van der Waals surface area contributed by atoms with Crippen molar-refractivity contribution in [3.8, 4) is 17.2 Å². The Kier molecular flexibility index (Phi) is 7.81. The summed E-state index contributed by atoms with van der Waals surface area (Å²) >= 11 is 1.13. The van der Waals surface area contributed by atoms with Crippen molar-refractivity contribution in [2.24, 2.45) is 0 Å². The van der Waals surface area contributed by atoms with Crippen molar-refractivity contribution in [1.82, 2.24) is 14.9 Å². The number of phenolic OH excluding ortho intramolecular Hbond substituents is 1. The summed E-state index contributed by atoms with van der Waals surface area (Å²) in [5, 5.41) is 23.5. The Morgan fingerprint density at radius 1 is 1.10 bits per heavy atom. The topological polar surface area (TPSA) is 159 Å². The van der Waals surface area contributed by atoms with Gasteiger partial charge >= 0.3 is 17.1 Å². The third-order valence-corrected chi connectivity index (χ3v) is 8.16. The molecule has 3 heterocycles. The van der Waals surface area contributed by atoms with E-state index in [2.05, 4.69) is 15.6 Å². The van der Waals surface area contributed by atoms with Gasteiger partial charge in [0.05, 0.1) is 30.9 Å². The van der Waals surface area contributed by atoms with Crippen LogP contribution in [0.2, 0.25) is 0 Å². The standard InChI is InChI=1S/C28H28N4O8S/c1-3-40-17-8-9-18(21(33)12-17)24(34)29-13-20-23-19(10-11-31(20)14-15-4-6-16(39-2)7-5-15)22(28(37)38)25(41-23)30-32-26(35)27(32)36/h4-9,12,20,30,33H,3,10-11,13-14H2,1-2H3,(H,29,34)(H,37,38). The number of thiophene rings is 1. The molecular formula is C28H28N4O8S. The first kappa shape index (κ1) is 27.9. The minimum atomic E-state index is -1.18. The van der Waals surface area contributed by atoms with Gasteiger partial charge in [0.2, 0.25) is 0 Å². The van der Waals surface area contributed by atoms with Crippen LogP contribution < -0.4 is 31.3 Å². The molecule has 0 saturated carbocycles. The van der Waals surface area contributed by atoms with E-state index < -0.39 is 29.0 Å². The number of carbonyl (C=O) groups excluding carboxylic acids is 1. The van der Waals surface area contributed by atoms with Crippen molar-refractivity contribution >= 4 is 28.2 Å². The summed E-state index contributed by atoms with van der Waals surface area (Å²) < 4.78 is 11.4. The Hall–Kier alpha value is -4.62. The van der Waals surface area contributed by atoms with E-state index in [1.165, 1.54) is 12.1 Å². The first-order valence-electron chi connectivity index (χ1n) is 12.9. The zero-order valence-electron chi connectivity index (χ0n) is 22.3. The van der Waals surface area contributed by atoms with Crippen LogP contribution in [-0.4, -0.2) is 58.5 Å². The fraction of sp³-hybridized carbons (Fsp3) is 0.286. The van der Waals surface area contributed by atoms with E-state index in [9.17, 15) is 29.4 Å². The molecule has 1 unspecified atom stereocenters. The molecule has 4 N–H and O–H groups in total. The molecule has 12 nitrogen and oxygen atoms in total. The quantitative estimate of drug-likeness (QED) is 0.194. The maximum atomic E-state index is 13.1. The van der Waals surface area contributed by atoms with Crippen LogP contribution in [0.5, 0.6) is 17.2 Å². The summed E-state index contributed by atoms with van der Waals surface area (Å²) in [5.41, 5.74) is 2.80. The minimum absolute atomic E-state index is 0.00193. The van der Waals surface area contributed by atoms with E-state index in [1.807, 2.05) is 31.2 Å². The van der Waals surface area contributed by atoms with Gasteiger partial charge in [-0.3, -0.25) is 24.7 Å². The molecule has 13 heteroatoms. The number of hydrogen-bond donors (Lipinski definition) is 4. The van der Waals surface area contributed by atoms with Gasteiger partial charge in [-0.2, -0.15) is 4.68 Å². The number of carboxylic acids is 1. The molecule has 41 heavy (non-hydrogen) atoms. The number of ether oxygens (including phenoxy) is 2. The number of amides is 1. The van der Waals surface area contributed by atoms with E-state index in [0.29, 0.717) is 48.1 Å². The van der Waals surface area contributed by atoms with Crippen molar-refractivity contribution in [3.05, 3.63) is 90.3 Å². The first-order valence-corrected chi connectivity index (χ1v) is 13.7. The SMILES string of the molecule is CCOc1ccc(C(=O)NCC2c3sc(Nn4c(=O)c4=O)c(C(=O)O)c3CCN2Cc2ccc(OC)cc2)c(O)c1. The number of anilines is 1. The highest BCUT2D eigenvalue weighted by Crippen LogP contribution is 2.43. The zero-order valence-corrected chi connectivity index (χ0v) is 23.1. The fourth-order valence-electron chi connectivity index (χ4n) is 4.84. The van der Waals surface area contributed by atoms with E-state index in [-0.39, 0.29) is 28.4 Å². The van der Waals surface area contributed by atoms with Crippen molar-refractivity contribution in [1.29, 1.82) is 0 Å². The summed E-state index contributed by atoms with van der Waals surface area (Å²) in [4.78, 5) is 51.4. The molecular weight excluding hydrogens is 552 g/mol. The van der Waals surface area contributed by atoms with Crippen LogP contribution in [-0.2, 0) is 13.0 Å². The van der Waals surface area contributed by atoms with Gasteiger partial charge in [0.25, 0.3) is 5.91 Å². The molecule has 1 amide bonds. The molecule has 0 bridgehead atoms. The van der Waals surface area contributed by atoms with Gasteiger partial charge in [-0.1, -0.05) is 12.1 Å². The lowest BCUT2D eigenvalue weighted by atomic mass is 9.96. The normalized spacial score (nSPS) is 14.9. The van der Waals surface area contributed by atoms with Gasteiger partial charge in [-0.05, 0) is 48.7 Å². The number of carbonyl (C=O) groups is 2. The van der Waals surface area contributed by atoms with Crippen LogP contribution in [0.25, 0.3) is 0 Å². The lowest BCUT2D eigenvalue weighted by Crippen LogP contribution is -2.41. The molecule has 5 rings (SSSR count). The Balaban J connectivity index is 1.45. The van der Waals surface area contributed by atoms with Crippen molar-refractivity contribution < 1.29 is 29.3 Å². The summed E-state index contributed by atoms with van der Waals surface area (Å²) in [6.07, 6.45) is 0.414. The van der Waals surface area contributed by atoms with E-state index in [4.69, 9.17) is 9.47 Å². The molecule has 0 saturated heterocycles. The Morgan fingerprint density at radius 3 is 2.41 bits per heavy atom. The number of nitrogens with one attached hydrogen (secondary N) is 2. The van der Waals surface area contributed by atoms with E-state index in [1.54, 1.807) is 13.2 Å². The number of hydrogen-bond acceptors (Lipinski definition) is 10. The average molecular weight is 581 g/mol. The highest BCUT2D eigenvalue weighted by molar-refractivity contribution is 7.16. The van der Waals surface area contributed by atoms with Crippen LogP contribution in [0.4, 0.5) is 5.00 Å². The number of rotatable bonds is 11. The monoisotopic (exact) mass is 580 g/mol. The number of aromatic hydroxyl groups is 1. The van der Waals surface area contributed by atoms with Crippen molar-refractivity contribution in [2.45, 2.75) is 25.9 Å². The lowest BCUT2D eigenvalue weighted by molar-refractivity contribution is 0.0694. The fourth-order valence-corrected chi connectivity index (χ4v) is 6.21. The van der Waals surface area contributed by atoms with E-state index in [0.717, 1.165) is 21.6 Å². The number of aromatic nitrogens is 1. The molecule has 1 aliphatic rings. The Labute approximate surface area is 238 Å². The van der Waals surface area contributed by atoms with Gasteiger partial charge < -0.3 is 25.0 Å². The number of benzene rings is 2. The molecule has 0 radical (unpaired) electrons. The van der Waals surface area contributed by atoms with Crippen LogP contribution in [0, 0.1) is 0 Å². The van der Waals surface area contributed by atoms with E-state index >= 15 is 0 Å². The highest BCUT2D eigenvalue weighted by Gasteiger charge is 2.36. The van der Waals surface area contributed by atoms with Gasteiger partial charge in [0.15, 0.2) is 0 Å². The van der Waals surface area contributed by atoms with Gasteiger partial charge in [0.1, 0.15) is 22.2 Å². The summed E-state index contributed by atoms with van der Waals surface area (Å²) in [5.74, 6) is -0.759. The number of fused-ring (bicyclic) bond motifs is 1. The molecule has 2 aromatic heterocycles. The number of carboxylic acid groups (broad SMARTS) is 1. The third kappa shape index (κ3) is 5.67. The molecule has 1 aliphatic heterocycles. The maximum Gasteiger partial charge on any atom is 0.340 e. The molecule has 0 spiro atoms. The van der Waals surface area contributed by atoms with Crippen LogP contribution >= 0.6 is 11.3 Å². The minimum Gasteiger partial charge on any atom is -0.507 e. The first-order chi connectivity index (χ1) is 19.7. The molecule has 214 valence electrons. The zero-order chi connectivity index (χ0) is 29.3. The Bertz CT molecular complexity index is 1640. The highest BCUT2D eigenvalue weighted by atomic mass is 32.1. The third-order valence-electron chi connectivity index (χ3n) is 6.92. The summed E-state index contributed by atoms with van der Waals surface area (Å²) in [6.45, 7) is 3.33. The molecule has 1 atom stereocenters. The van der Waals surface area contributed by atoms with Crippen LogP contribution in [0.1, 0.15) is 49.7 Å². The van der Waals surface area contributed by atoms with Crippen molar-refractivity contribution in [2.75, 3.05) is 32.2 Å². The molecule has 2 aromatic carbocycles. The predicted octanol–water partition coefficient (Wildman–Crippen LogP) is 2.36. The number of aromatic carboxylic acids is 1. The number of phenols is 1. The number of nitrogens with zero attached hydrogens (tertiary/aromatic N) is 2. The molecule has 0 fully saturated rings. The van der Waals surface area contributed by atoms with Gasteiger partial charge in [-0.15, -0.1) is 11.3 Å². The second-order valence-corrected chi connectivity index (χ2v) is 10.5. The van der Waals surface area contributed by atoms with Gasteiger partial charge in [0, 0.05) is 30.6 Å². The second kappa shape index (κ2) is 11.5. The number of methoxy groups -OCH3 is 1. The predicted molar refractivity (Wildman–Crippen MR) is 151 cm³/mol. The smallest absolute Gasteiger partial charge is 0.340 e. The maximum absolute atomic E-state index is 13.1. The molecule has 0 aliphatic carbocycles. The van der Waals surface area contributed by atoms with Gasteiger partial charge in [-0.25, -0.2) is 4.79 Å². The van der Waals surface area contributed by atoms with Crippen LogP contribution in [0.15, 0.2) is 52.1 Å². The Morgan fingerprint density at radius 2 is 1.80 bits per heavy atom. The van der Waals surface area contributed by atoms with Crippen LogP contribution in [0.3, 0.4) is 0 Å². The van der Waals surface area contributed by atoms with Crippen molar-refractivity contribution in [3.63, 3.8) is 0 Å².